The van der Waals surface area contributed by atoms with Gasteiger partial charge in [-0.3, -0.25) is 0 Å². The fourth-order valence-corrected chi connectivity index (χ4v) is 1.25. The van der Waals surface area contributed by atoms with Crippen LogP contribution in [0.1, 0.15) is 6.92 Å². The predicted molar refractivity (Wildman–Crippen MR) is 60.6 cm³/mol. The van der Waals surface area contributed by atoms with Gasteiger partial charge in [0.1, 0.15) is 11.9 Å². The maximum atomic E-state index is 12.9. The molecule has 0 aliphatic carbocycles. The van der Waals surface area contributed by atoms with Gasteiger partial charge in [0.05, 0.1) is 7.11 Å². The number of benzene rings is 1. The van der Waals surface area contributed by atoms with Gasteiger partial charge in [0.15, 0.2) is 0 Å². The van der Waals surface area contributed by atoms with Crippen LogP contribution < -0.4 is 5.32 Å². The summed E-state index contributed by atoms with van der Waals surface area (Å²) in [4.78, 5) is 11.4. The Kier molecular flexibility index (Phi) is 4.05. The van der Waals surface area contributed by atoms with Crippen LogP contribution in [0.5, 0.6) is 0 Å². The van der Waals surface area contributed by atoms with E-state index >= 15 is 0 Å². The summed E-state index contributed by atoms with van der Waals surface area (Å²) < 4.78 is 17.5. The lowest BCUT2D eigenvalue weighted by Gasteiger charge is -2.17. The first kappa shape index (κ1) is 12.2. The molecule has 16 heavy (non-hydrogen) atoms. The second-order valence-electron chi connectivity index (χ2n) is 3.46. The smallest absolute Gasteiger partial charge is 0.332 e. The Balaban J connectivity index is 2.84. The molecule has 0 aromatic heterocycles. The SMILES string of the molecule is C=C(C)C(Nc1cccc(F)c1)C(=O)OC. The van der Waals surface area contributed by atoms with Crippen LogP contribution in [0, 0.1) is 5.82 Å². The zero-order valence-corrected chi connectivity index (χ0v) is 9.29. The minimum Gasteiger partial charge on any atom is -0.467 e. The highest BCUT2D eigenvalue weighted by Crippen LogP contribution is 2.13. The number of halogens is 1. The summed E-state index contributed by atoms with van der Waals surface area (Å²) >= 11 is 0. The molecular formula is C12H14FNO2. The number of carbonyl (C=O) groups excluding carboxylic acids is 1. The van der Waals surface area contributed by atoms with Crippen LogP contribution in [0.4, 0.5) is 10.1 Å². The van der Waals surface area contributed by atoms with E-state index in [1.165, 1.54) is 19.2 Å². The van der Waals surface area contributed by atoms with E-state index in [2.05, 4.69) is 16.6 Å². The normalized spacial score (nSPS) is 11.7. The minimum atomic E-state index is -0.660. The molecule has 0 saturated heterocycles. The molecule has 0 aliphatic rings. The van der Waals surface area contributed by atoms with E-state index in [0.717, 1.165) is 0 Å². The van der Waals surface area contributed by atoms with Gasteiger partial charge in [-0.1, -0.05) is 12.6 Å². The van der Waals surface area contributed by atoms with Crippen molar-refractivity contribution in [1.82, 2.24) is 0 Å². The molecule has 0 aliphatic heterocycles. The summed E-state index contributed by atoms with van der Waals surface area (Å²) in [6.45, 7) is 5.39. The molecule has 1 unspecified atom stereocenters. The molecule has 1 aromatic carbocycles. The van der Waals surface area contributed by atoms with Crippen molar-refractivity contribution >= 4 is 11.7 Å². The Morgan fingerprint density at radius 3 is 2.75 bits per heavy atom. The fourth-order valence-electron chi connectivity index (χ4n) is 1.25. The monoisotopic (exact) mass is 223 g/mol. The number of esters is 1. The number of rotatable bonds is 4. The van der Waals surface area contributed by atoms with Crippen LogP contribution in [-0.4, -0.2) is 19.1 Å². The maximum Gasteiger partial charge on any atom is 0.332 e. The van der Waals surface area contributed by atoms with Crippen LogP contribution in [-0.2, 0) is 9.53 Å². The van der Waals surface area contributed by atoms with Gasteiger partial charge in [-0.2, -0.15) is 0 Å². The van der Waals surface area contributed by atoms with Crippen LogP contribution in [0.2, 0.25) is 0 Å². The molecule has 0 heterocycles. The number of hydrogen-bond donors (Lipinski definition) is 1. The quantitative estimate of drug-likeness (QED) is 0.629. The molecule has 0 amide bonds. The Hall–Kier alpha value is -1.84. The summed E-state index contributed by atoms with van der Waals surface area (Å²) in [5.74, 6) is -0.813. The van der Waals surface area contributed by atoms with Gasteiger partial charge in [-0.15, -0.1) is 0 Å². The summed E-state index contributed by atoms with van der Waals surface area (Å²) in [6, 6.07) is 5.21. The lowest BCUT2D eigenvalue weighted by atomic mass is 10.1. The summed E-state index contributed by atoms with van der Waals surface area (Å²) in [7, 11) is 1.30. The Bertz CT molecular complexity index is 404. The van der Waals surface area contributed by atoms with Gasteiger partial charge in [-0.25, -0.2) is 9.18 Å². The number of ether oxygens (including phenoxy) is 1. The van der Waals surface area contributed by atoms with Crippen molar-refractivity contribution in [1.29, 1.82) is 0 Å². The molecule has 0 spiro atoms. The van der Waals surface area contributed by atoms with E-state index in [-0.39, 0.29) is 5.82 Å². The molecule has 0 saturated carbocycles. The van der Waals surface area contributed by atoms with Crippen molar-refractivity contribution < 1.29 is 13.9 Å². The molecule has 86 valence electrons. The third-order valence-corrected chi connectivity index (χ3v) is 2.07. The van der Waals surface area contributed by atoms with E-state index in [1.54, 1.807) is 19.1 Å². The van der Waals surface area contributed by atoms with E-state index in [0.29, 0.717) is 11.3 Å². The van der Waals surface area contributed by atoms with Crippen LogP contribution in [0.15, 0.2) is 36.4 Å². The summed E-state index contributed by atoms with van der Waals surface area (Å²) in [6.07, 6.45) is 0. The third-order valence-electron chi connectivity index (χ3n) is 2.07. The number of anilines is 1. The number of carbonyl (C=O) groups is 1. The molecule has 1 atom stereocenters. The highest BCUT2D eigenvalue weighted by molar-refractivity contribution is 5.82. The average Bonchev–Trinajstić information content (AvgIpc) is 2.24. The van der Waals surface area contributed by atoms with E-state index in [9.17, 15) is 9.18 Å². The van der Waals surface area contributed by atoms with Gasteiger partial charge >= 0.3 is 5.97 Å². The van der Waals surface area contributed by atoms with Gasteiger partial charge in [-0.05, 0) is 30.7 Å². The second kappa shape index (κ2) is 5.30. The van der Waals surface area contributed by atoms with Gasteiger partial charge < -0.3 is 10.1 Å². The predicted octanol–water partition coefficient (Wildman–Crippen LogP) is 2.36. The molecular weight excluding hydrogens is 209 g/mol. The van der Waals surface area contributed by atoms with E-state index < -0.39 is 12.0 Å². The molecule has 3 nitrogen and oxygen atoms in total. The highest BCUT2D eigenvalue weighted by atomic mass is 19.1. The zero-order chi connectivity index (χ0) is 12.1. The largest absolute Gasteiger partial charge is 0.467 e. The second-order valence-corrected chi connectivity index (χ2v) is 3.46. The number of nitrogens with one attached hydrogen (secondary N) is 1. The number of hydrogen-bond acceptors (Lipinski definition) is 3. The average molecular weight is 223 g/mol. The summed E-state index contributed by atoms with van der Waals surface area (Å²) in [5, 5.41) is 2.86. The van der Waals surface area contributed by atoms with Gasteiger partial charge in [0.2, 0.25) is 0 Å². The number of methoxy groups -OCH3 is 1. The van der Waals surface area contributed by atoms with E-state index in [4.69, 9.17) is 0 Å². The van der Waals surface area contributed by atoms with Crippen molar-refractivity contribution in [2.75, 3.05) is 12.4 Å². The van der Waals surface area contributed by atoms with Crippen molar-refractivity contribution in [3.05, 3.63) is 42.2 Å². The molecule has 0 radical (unpaired) electrons. The highest BCUT2D eigenvalue weighted by Gasteiger charge is 2.19. The molecule has 1 N–H and O–H groups in total. The standard InChI is InChI=1S/C12H14FNO2/c1-8(2)11(12(15)16-3)14-10-6-4-5-9(13)7-10/h4-7,11,14H,1H2,2-3H3. The first-order valence-electron chi connectivity index (χ1n) is 4.80. The van der Waals surface area contributed by atoms with Crippen molar-refractivity contribution in [2.45, 2.75) is 13.0 Å². The molecule has 4 heteroatoms. The molecule has 1 rings (SSSR count). The van der Waals surface area contributed by atoms with Crippen LogP contribution in [0.25, 0.3) is 0 Å². The topological polar surface area (TPSA) is 38.3 Å². The van der Waals surface area contributed by atoms with Crippen LogP contribution in [0.3, 0.4) is 0 Å². The van der Waals surface area contributed by atoms with Crippen molar-refractivity contribution in [3.63, 3.8) is 0 Å². The lowest BCUT2D eigenvalue weighted by Crippen LogP contribution is -2.31. The maximum absolute atomic E-state index is 12.9. The first-order valence-corrected chi connectivity index (χ1v) is 4.80. The third kappa shape index (κ3) is 3.08. The lowest BCUT2D eigenvalue weighted by molar-refractivity contribution is -0.140. The Morgan fingerprint density at radius 1 is 1.56 bits per heavy atom. The summed E-state index contributed by atoms with van der Waals surface area (Å²) in [5.41, 5.74) is 1.12. The van der Waals surface area contributed by atoms with Gasteiger partial charge in [0.25, 0.3) is 0 Å². The Labute approximate surface area is 93.9 Å². The fraction of sp³-hybridized carbons (Fsp3) is 0.250. The van der Waals surface area contributed by atoms with Crippen LogP contribution >= 0.6 is 0 Å². The van der Waals surface area contributed by atoms with Gasteiger partial charge in [0, 0.05) is 5.69 Å². The molecule has 0 bridgehead atoms. The zero-order valence-electron chi connectivity index (χ0n) is 9.29. The molecule has 1 aromatic rings. The van der Waals surface area contributed by atoms with Crippen molar-refractivity contribution in [3.8, 4) is 0 Å². The minimum absolute atomic E-state index is 0.365. The Morgan fingerprint density at radius 2 is 2.25 bits per heavy atom. The van der Waals surface area contributed by atoms with Crippen molar-refractivity contribution in [2.24, 2.45) is 0 Å². The molecule has 0 fully saturated rings. The first-order chi connectivity index (χ1) is 7.54. The van der Waals surface area contributed by atoms with E-state index in [1.807, 2.05) is 0 Å².